The smallest absolute Gasteiger partial charge is 0.285 e. The number of benzene rings is 2. The monoisotopic (exact) mass is 377 g/mol. The van der Waals surface area contributed by atoms with Crippen molar-refractivity contribution in [2.45, 2.75) is 24.9 Å². The average Bonchev–Trinajstić information content (AvgIpc) is 3.44. The summed E-state index contributed by atoms with van der Waals surface area (Å²) in [6, 6.07) is 24.8. The van der Waals surface area contributed by atoms with E-state index in [1.807, 2.05) is 29.2 Å². The van der Waals surface area contributed by atoms with Crippen molar-refractivity contribution in [2.75, 3.05) is 13.1 Å². The molecule has 1 saturated heterocycles. The molecule has 4 heteroatoms. The van der Waals surface area contributed by atoms with E-state index >= 15 is 0 Å². The van der Waals surface area contributed by atoms with Gasteiger partial charge >= 0.3 is 0 Å². The van der Waals surface area contributed by atoms with Crippen molar-refractivity contribution in [3.05, 3.63) is 94.2 Å². The third kappa shape index (κ3) is 4.12. The van der Waals surface area contributed by atoms with E-state index in [1.165, 1.54) is 10.4 Å². The lowest BCUT2D eigenvalue weighted by atomic mass is 10.00. The fourth-order valence-electron chi connectivity index (χ4n) is 3.82. The number of rotatable bonds is 6. The molecule has 1 fully saturated rings. The van der Waals surface area contributed by atoms with Crippen molar-refractivity contribution in [2.24, 2.45) is 0 Å². The lowest BCUT2D eigenvalue weighted by Crippen LogP contribution is -2.88. The zero-order valence-electron chi connectivity index (χ0n) is 15.3. The first kappa shape index (κ1) is 18.0. The van der Waals surface area contributed by atoms with E-state index < -0.39 is 0 Å². The predicted molar refractivity (Wildman–Crippen MR) is 110 cm³/mol. The molecule has 2 N–H and O–H groups in total. The van der Waals surface area contributed by atoms with Crippen molar-refractivity contribution in [3.8, 4) is 0 Å². The summed E-state index contributed by atoms with van der Waals surface area (Å²) in [6.45, 7) is 1.76. The normalized spacial score (nSPS) is 16.2. The van der Waals surface area contributed by atoms with E-state index in [0.717, 1.165) is 31.5 Å². The molecule has 3 aromatic rings. The zero-order valence-corrected chi connectivity index (χ0v) is 16.1. The van der Waals surface area contributed by atoms with Gasteiger partial charge in [-0.05, 0) is 24.3 Å². The Kier molecular flexibility index (Phi) is 5.66. The molecule has 0 saturated carbocycles. The number of hydrogen-bond donors (Lipinski definition) is 1. The fraction of sp³-hybridized carbons (Fsp3) is 0.261. The Hall–Kier alpha value is -2.43. The molecule has 2 atom stereocenters. The molecule has 2 heterocycles. The Labute approximate surface area is 164 Å². The van der Waals surface area contributed by atoms with Gasteiger partial charge in [0.25, 0.3) is 5.91 Å². The van der Waals surface area contributed by atoms with Crippen LogP contribution in [0.5, 0.6) is 0 Å². The van der Waals surface area contributed by atoms with Crippen LogP contribution < -0.4 is 5.32 Å². The molecule has 0 unspecified atom stereocenters. The minimum atomic E-state index is -0.225. The van der Waals surface area contributed by atoms with Crippen molar-refractivity contribution < 1.29 is 10.1 Å². The van der Waals surface area contributed by atoms with E-state index in [1.54, 1.807) is 11.3 Å². The van der Waals surface area contributed by atoms with Gasteiger partial charge in [-0.1, -0.05) is 66.7 Å². The second kappa shape index (κ2) is 8.51. The van der Waals surface area contributed by atoms with Crippen molar-refractivity contribution >= 4 is 17.2 Å². The molecule has 2 aromatic carbocycles. The Bertz CT molecular complexity index is 843. The predicted octanol–water partition coefficient (Wildman–Crippen LogP) is 3.76. The molecule has 138 valence electrons. The molecule has 0 radical (unpaired) electrons. The van der Waals surface area contributed by atoms with Gasteiger partial charge in [0.1, 0.15) is 6.04 Å². The van der Waals surface area contributed by atoms with E-state index in [0.29, 0.717) is 0 Å². The van der Waals surface area contributed by atoms with Crippen molar-refractivity contribution in [1.82, 2.24) is 4.90 Å². The van der Waals surface area contributed by atoms with Crippen molar-refractivity contribution in [3.63, 3.8) is 0 Å². The van der Waals surface area contributed by atoms with Crippen LogP contribution >= 0.6 is 11.3 Å². The SMILES string of the molecule is O=C([C@@H]([NH2+][C@H](c1ccccc1)c1cccs1)c1ccccc1)N1CCCC1. The van der Waals surface area contributed by atoms with Crippen LogP contribution in [0.1, 0.15) is 40.9 Å². The van der Waals surface area contributed by atoms with E-state index in [2.05, 4.69) is 59.2 Å². The van der Waals surface area contributed by atoms with Gasteiger partial charge in [-0.25, -0.2) is 0 Å². The summed E-state index contributed by atoms with van der Waals surface area (Å²) in [6.07, 6.45) is 2.22. The number of carbonyl (C=O) groups is 1. The summed E-state index contributed by atoms with van der Waals surface area (Å²) in [5, 5.41) is 4.36. The molecule has 27 heavy (non-hydrogen) atoms. The van der Waals surface area contributed by atoms with E-state index in [4.69, 9.17) is 0 Å². The highest BCUT2D eigenvalue weighted by atomic mass is 32.1. The van der Waals surface area contributed by atoms with Gasteiger partial charge in [0.05, 0.1) is 4.88 Å². The number of amides is 1. The summed E-state index contributed by atoms with van der Waals surface area (Å²) in [4.78, 5) is 16.7. The molecular weight excluding hydrogens is 352 g/mol. The number of hydrogen-bond acceptors (Lipinski definition) is 2. The van der Waals surface area contributed by atoms with Gasteiger partial charge < -0.3 is 10.2 Å². The molecule has 3 nitrogen and oxygen atoms in total. The fourth-order valence-corrected chi connectivity index (χ4v) is 4.65. The molecule has 4 rings (SSSR count). The Morgan fingerprint density at radius 1 is 0.852 bits per heavy atom. The lowest BCUT2D eigenvalue weighted by Gasteiger charge is -2.26. The maximum Gasteiger partial charge on any atom is 0.285 e. The van der Waals surface area contributed by atoms with Crippen LogP contribution in [0.4, 0.5) is 0 Å². The first-order valence-electron chi connectivity index (χ1n) is 9.60. The largest absolute Gasteiger partial charge is 0.337 e. The Morgan fingerprint density at radius 3 is 2.07 bits per heavy atom. The Morgan fingerprint density at radius 2 is 1.48 bits per heavy atom. The number of thiophene rings is 1. The zero-order chi connectivity index (χ0) is 18.5. The minimum absolute atomic E-state index is 0.114. The van der Waals surface area contributed by atoms with Gasteiger partial charge in [-0.15, -0.1) is 11.3 Å². The second-order valence-electron chi connectivity index (χ2n) is 7.02. The van der Waals surface area contributed by atoms with Crippen molar-refractivity contribution in [1.29, 1.82) is 0 Å². The Balaban J connectivity index is 1.69. The van der Waals surface area contributed by atoms with E-state index in [9.17, 15) is 4.79 Å². The van der Waals surface area contributed by atoms with Crippen LogP contribution in [0.25, 0.3) is 0 Å². The first-order valence-corrected chi connectivity index (χ1v) is 10.5. The van der Waals surface area contributed by atoms with Gasteiger partial charge in [0, 0.05) is 24.2 Å². The van der Waals surface area contributed by atoms with Crippen LogP contribution in [-0.4, -0.2) is 23.9 Å². The summed E-state index contributed by atoms with van der Waals surface area (Å²) >= 11 is 1.75. The first-order chi connectivity index (χ1) is 13.3. The van der Waals surface area contributed by atoms with Crippen LogP contribution in [0.15, 0.2) is 78.2 Å². The topological polar surface area (TPSA) is 36.9 Å². The number of carbonyl (C=O) groups excluding carboxylic acids is 1. The van der Waals surface area contributed by atoms with E-state index in [-0.39, 0.29) is 18.0 Å². The third-order valence-corrected chi connectivity index (χ3v) is 6.19. The maximum absolute atomic E-state index is 13.4. The van der Waals surface area contributed by atoms with Crippen LogP contribution in [0.2, 0.25) is 0 Å². The molecular formula is C23H25N2OS+. The molecule has 1 aliphatic heterocycles. The maximum atomic E-state index is 13.4. The molecule has 0 bridgehead atoms. The van der Waals surface area contributed by atoms with Gasteiger partial charge in [0.15, 0.2) is 6.04 Å². The minimum Gasteiger partial charge on any atom is -0.337 e. The van der Waals surface area contributed by atoms with Crippen LogP contribution in [-0.2, 0) is 4.79 Å². The third-order valence-electron chi connectivity index (χ3n) is 5.24. The van der Waals surface area contributed by atoms with Crippen LogP contribution in [0, 0.1) is 0 Å². The highest BCUT2D eigenvalue weighted by Gasteiger charge is 2.34. The molecule has 0 aliphatic carbocycles. The van der Waals surface area contributed by atoms with Gasteiger partial charge in [0.2, 0.25) is 0 Å². The van der Waals surface area contributed by atoms with Crippen LogP contribution in [0.3, 0.4) is 0 Å². The summed E-state index contributed by atoms with van der Waals surface area (Å²) in [5.74, 6) is 0.233. The highest BCUT2D eigenvalue weighted by Crippen LogP contribution is 2.25. The van der Waals surface area contributed by atoms with Gasteiger partial charge in [-0.3, -0.25) is 4.79 Å². The van der Waals surface area contributed by atoms with Gasteiger partial charge in [-0.2, -0.15) is 0 Å². The standard InChI is InChI=1S/C23H24N2OS/c26-23(25-15-7-8-16-25)22(19-12-5-2-6-13-19)24-21(20-14-9-17-27-20)18-10-3-1-4-11-18/h1-6,9-14,17,21-22,24H,7-8,15-16H2/p+1/t21-,22+/m1/s1. The number of likely N-dealkylation sites (tertiary alicyclic amines) is 1. The number of quaternary nitrogens is 1. The number of nitrogens with zero attached hydrogens (tertiary/aromatic N) is 1. The molecule has 0 spiro atoms. The summed E-state index contributed by atoms with van der Waals surface area (Å²) in [7, 11) is 0. The molecule has 1 amide bonds. The summed E-state index contributed by atoms with van der Waals surface area (Å²) in [5.41, 5.74) is 2.31. The molecule has 1 aromatic heterocycles. The summed E-state index contributed by atoms with van der Waals surface area (Å²) < 4.78 is 0. The highest BCUT2D eigenvalue weighted by molar-refractivity contribution is 7.10. The lowest BCUT2D eigenvalue weighted by molar-refractivity contribution is -0.714. The number of nitrogens with two attached hydrogens (primary N) is 1. The molecule has 1 aliphatic rings. The average molecular weight is 378 g/mol. The second-order valence-corrected chi connectivity index (χ2v) is 8.00. The quantitative estimate of drug-likeness (QED) is 0.698.